The van der Waals surface area contributed by atoms with E-state index in [1.54, 1.807) is 4.90 Å². The first-order valence-electron chi connectivity index (χ1n) is 9.90. The minimum absolute atomic E-state index is 0.0404. The molecular weight excluding hydrogens is 354 g/mol. The molecule has 0 spiro atoms. The van der Waals surface area contributed by atoms with Crippen LogP contribution in [0, 0.1) is 0 Å². The molecule has 7 nitrogen and oxygen atoms in total. The molecule has 1 saturated heterocycles. The summed E-state index contributed by atoms with van der Waals surface area (Å²) in [5.41, 5.74) is 2.53. The van der Waals surface area contributed by atoms with Gasteiger partial charge in [-0.25, -0.2) is 9.97 Å². The highest BCUT2D eigenvalue weighted by Gasteiger charge is 2.30. The van der Waals surface area contributed by atoms with Crippen molar-refractivity contribution in [2.75, 3.05) is 24.6 Å². The molecule has 5 heterocycles. The average molecular weight is 377 g/mol. The van der Waals surface area contributed by atoms with E-state index in [1.807, 2.05) is 47.1 Å². The highest BCUT2D eigenvalue weighted by molar-refractivity contribution is 5.97. The maximum atomic E-state index is 12.6. The van der Waals surface area contributed by atoms with Gasteiger partial charge in [-0.05, 0) is 43.7 Å². The first-order valence-corrected chi connectivity index (χ1v) is 9.90. The Bertz CT molecular complexity index is 1010. The largest absolute Gasteiger partial charge is 0.480 e. The number of amides is 1. The second-order valence-electron chi connectivity index (χ2n) is 7.38. The van der Waals surface area contributed by atoms with Gasteiger partial charge in [0.25, 0.3) is 5.91 Å². The second-order valence-corrected chi connectivity index (χ2v) is 7.38. The Labute approximate surface area is 163 Å². The van der Waals surface area contributed by atoms with Crippen molar-refractivity contribution in [1.29, 1.82) is 0 Å². The van der Waals surface area contributed by atoms with Crippen LogP contribution in [0.15, 0.2) is 42.7 Å². The van der Waals surface area contributed by atoms with Crippen molar-refractivity contribution in [3.05, 3.63) is 42.7 Å². The lowest BCUT2D eigenvalue weighted by atomic mass is 10.1. The van der Waals surface area contributed by atoms with E-state index in [1.165, 1.54) is 19.3 Å². The monoisotopic (exact) mass is 377 g/mol. The van der Waals surface area contributed by atoms with Crippen molar-refractivity contribution in [2.45, 2.75) is 31.7 Å². The lowest BCUT2D eigenvalue weighted by Crippen LogP contribution is -2.47. The molecule has 5 rings (SSSR count). The molecule has 1 fully saturated rings. The van der Waals surface area contributed by atoms with Crippen molar-refractivity contribution in [1.82, 2.24) is 19.7 Å². The molecule has 3 aromatic rings. The van der Waals surface area contributed by atoms with Crippen molar-refractivity contribution < 1.29 is 9.53 Å². The molecule has 0 aromatic carbocycles. The van der Waals surface area contributed by atoms with Gasteiger partial charge in [-0.2, -0.15) is 0 Å². The standard InChI is InChI=1S/C21H23N5O2/c27-20-14-28-18-9-8-16(17-12-23-19-7-3-5-11-25(17)19)24-21(18)26(20)13-15-6-2-1-4-10-22-15/h3,5,7-9,11-12,15,22H,1-2,4,6,10,13-14H2/t15-/m1/s1. The summed E-state index contributed by atoms with van der Waals surface area (Å²) < 4.78 is 7.64. The summed E-state index contributed by atoms with van der Waals surface area (Å²) in [7, 11) is 0. The number of hydrogen-bond acceptors (Lipinski definition) is 5. The zero-order valence-corrected chi connectivity index (χ0v) is 15.7. The van der Waals surface area contributed by atoms with Crippen LogP contribution in [0.5, 0.6) is 5.75 Å². The van der Waals surface area contributed by atoms with Crippen LogP contribution < -0.4 is 15.0 Å². The van der Waals surface area contributed by atoms with Crippen LogP contribution in [0.4, 0.5) is 5.82 Å². The van der Waals surface area contributed by atoms with Gasteiger partial charge in [0, 0.05) is 18.8 Å². The SMILES string of the molecule is O=C1COc2ccc(-c3cnc4ccccn34)nc2N1C[C@H]1CCCCCN1. The topological polar surface area (TPSA) is 71.8 Å². The summed E-state index contributed by atoms with van der Waals surface area (Å²) in [5, 5.41) is 3.57. The number of carbonyl (C=O) groups excluding carboxylic acids is 1. The minimum Gasteiger partial charge on any atom is -0.480 e. The second kappa shape index (κ2) is 7.24. The summed E-state index contributed by atoms with van der Waals surface area (Å²) in [6, 6.07) is 10.00. The summed E-state index contributed by atoms with van der Waals surface area (Å²) in [6.07, 6.45) is 8.49. The van der Waals surface area contributed by atoms with Crippen molar-refractivity contribution in [2.24, 2.45) is 0 Å². The third-order valence-corrected chi connectivity index (χ3v) is 5.49. The van der Waals surface area contributed by atoms with Gasteiger partial charge in [0.15, 0.2) is 18.2 Å². The molecule has 28 heavy (non-hydrogen) atoms. The molecule has 1 amide bonds. The Morgan fingerprint density at radius 2 is 2.14 bits per heavy atom. The van der Waals surface area contributed by atoms with Gasteiger partial charge >= 0.3 is 0 Å². The van der Waals surface area contributed by atoms with Crippen LogP contribution in [0.25, 0.3) is 17.0 Å². The van der Waals surface area contributed by atoms with Gasteiger partial charge in [0.2, 0.25) is 0 Å². The fourth-order valence-corrected chi connectivity index (χ4v) is 4.01. The molecule has 1 atom stereocenters. The molecule has 0 unspecified atom stereocenters. The van der Waals surface area contributed by atoms with E-state index >= 15 is 0 Å². The third kappa shape index (κ3) is 3.11. The van der Waals surface area contributed by atoms with E-state index in [2.05, 4.69) is 10.3 Å². The van der Waals surface area contributed by atoms with Gasteiger partial charge in [0.1, 0.15) is 5.65 Å². The van der Waals surface area contributed by atoms with Crippen LogP contribution >= 0.6 is 0 Å². The van der Waals surface area contributed by atoms with E-state index in [0.29, 0.717) is 24.2 Å². The first-order chi connectivity index (χ1) is 13.8. The van der Waals surface area contributed by atoms with Crippen molar-refractivity contribution in [3.8, 4) is 17.1 Å². The maximum Gasteiger partial charge on any atom is 0.266 e. The fraction of sp³-hybridized carbons (Fsp3) is 0.381. The van der Waals surface area contributed by atoms with Crippen LogP contribution in [-0.4, -0.2) is 46.0 Å². The van der Waals surface area contributed by atoms with E-state index in [9.17, 15) is 4.79 Å². The molecule has 7 heteroatoms. The number of ether oxygens (including phenoxy) is 1. The van der Waals surface area contributed by atoms with E-state index in [0.717, 1.165) is 30.0 Å². The van der Waals surface area contributed by atoms with Crippen molar-refractivity contribution >= 4 is 17.4 Å². The molecule has 3 aromatic heterocycles. The van der Waals surface area contributed by atoms with Crippen LogP contribution in [0.3, 0.4) is 0 Å². The zero-order valence-electron chi connectivity index (χ0n) is 15.7. The lowest BCUT2D eigenvalue weighted by Gasteiger charge is -2.31. The molecular formula is C21H23N5O2. The van der Waals surface area contributed by atoms with Gasteiger partial charge in [-0.3, -0.25) is 14.1 Å². The smallest absolute Gasteiger partial charge is 0.266 e. The Kier molecular flexibility index (Phi) is 4.44. The van der Waals surface area contributed by atoms with Crippen molar-refractivity contribution in [3.63, 3.8) is 0 Å². The normalized spacial score (nSPS) is 19.9. The summed E-state index contributed by atoms with van der Waals surface area (Å²) in [4.78, 5) is 23.7. The van der Waals surface area contributed by atoms with E-state index < -0.39 is 0 Å². The molecule has 2 aliphatic heterocycles. The Morgan fingerprint density at radius 1 is 1.18 bits per heavy atom. The van der Waals surface area contributed by atoms with Crippen LogP contribution in [0.2, 0.25) is 0 Å². The Balaban J connectivity index is 1.51. The maximum absolute atomic E-state index is 12.6. The molecule has 0 radical (unpaired) electrons. The number of aromatic nitrogens is 3. The molecule has 0 aliphatic carbocycles. The number of anilines is 1. The highest BCUT2D eigenvalue weighted by Crippen LogP contribution is 2.33. The first kappa shape index (κ1) is 17.2. The summed E-state index contributed by atoms with van der Waals surface area (Å²) in [6.45, 7) is 1.69. The predicted molar refractivity (Wildman–Crippen MR) is 107 cm³/mol. The number of carbonyl (C=O) groups is 1. The number of nitrogens with zero attached hydrogens (tertiary/aromatic N) is 4. The Hall–Kier alpha value is -2.93. The number of pyridine rings is 2. The van der Waals surface area contributed by atoms with Gasteiger partial charge in [-0.1, -0.05) is 18.9 Å². The van der Waals surface area contributed by atoms with E-state index in [-0.39, 0.29) is 12.5 Å². The zero-order chi connectivity index (χ0) is 18.9. The average Bonchev–Trinajstić information content (AvgIpc) is 2.99. The predicted octanol–water partition coefficient (Wildman–Crippen LogP) is 2.65. The number of fused-ring (bicyclic) bond motifs is 2. The Morgan fingerprint density at radius 3 is 3.11 bits per heavy atom. The highest BCUT2D eigenvalue weighted by atomic mass is 16.5. The van der Waals surface area contributed by atoms with Gasteiger partial charge in [0.05, 0.1) is 17.6 Å². The third-order valence-electron chi connectivity index (χ3n) is 5.49. The number of nitrogens with one attached hydrogen (secondary N) is 1. The van der Waals surface area contributed by atoms with Crippen LogP contribution in [-0.2, 0) is 4.79 Å². The molecule has 0 saturated carbocycles. The summed E-state index contributed by atoms with van der Waals surface area (Å²) in [5.74, 6) is 1.22. The number of rotatable bonds is 3. The molecule has 2 aliphatic rings. The molecule has 144 valence electrons. The van der Waals surface area contributed by atoms with Gasteiger partial charge in [-0.15, -0.1) is 0 Å². The van der Waals surface area contributed by atoms with E-state index in [4.69, 9.17) is 9.72 Å². The quantitative estimate of drug-likeness (QED) is 0.760. The minimum atomic E-state index is -0.0404. The number of imidazole rings is 1. The lowest BCUT2D eigenvalue weighted by molar-refractivity contribution is -0.121. The number of hydrogen-bond donors (Lipinski definition) is 1. The molecule has 1 N–H and O–H groups in total. The van der Waals surface area contributed by atoms with Crippen LogP contribution in [0.1, 0.15) is 25.7 Å². The summed E-state index contributed by atoms with van der Waals surface area (Å²) >= 11 is 0. The molecule has 0 bridgehead atoms. The van der Waals surface area contributed by atoms with Gasteiger partial charge < -0.3 is 10.1 Å². The fourth-order valence-electron chi connectivity index (χ4n) is 4.01.